The van der Waals surface area contributed by atoms with Gasteiger partial charge in [-0.05, 0) is 58.4 Å². The Balaban J connectivity index is 1.45. The van der Waals surface area contributed by atoms with E-state index < -0.39 is 45.7 Å². The Morgan fingerprint density at radius 3 is 2.29 bits per heavy atom. The molecular weight excluding hydrogens is 702 g/mol. The molecule has 0 bridgehead atoms. The van der Waals surface area contributed by atoms with E-state index >= 15 is 0 Å². The number of aromatic hydroxyl groups is 1. The van der Waals surface area contributed by atoms with Gasteiger partial charge in [-0.15, -0.1) is 0 Å². The van der Waals surface area contributed by atoms with E-state index in [0.29, 0.717) is 0 Å². The largest absolute Gasteiger partial charge is 0.493 e. The van der Waals surface area contributed by atoms with Crippen LogP contribution in [-0.4, -0.2) is 63.2 Å². The molecule has 5 N–H and O–H groups in total. The van der Waals surface area contributed by atoms with Gasteiger partial charge in [-0.3, -0.25) is 13.9 Å². The molecule has 11 nitrogen and oxygen atoms in total. The lowest BCUT2D eigenvalue weighted by Gasteiger charge is -2.32. The molecule has 0 unspecified atom stereocenters. The highest BCUT2D eigenvalue weighted by molar-refractivity contribution is 7.89. The van der Waals surface area contributed by atoms with Crippen molar-refractivity contribution in [3.63, 3.8) is 0 Å². The molecule has 0 aliphatic carbocycles. The first-order valence-electron chi connectivity index (χ1n) is 17.2. The summed E-state index contributed by atoms with van der Waals surface area (Å²) < 4.78 is 31.4. The number of aliphatic hydroxyl groups excluding tert-OH is 1. The van der Waals surface area contributed by atoms with E-state index in [9.17, 15) is 28.2 Å². The Bertz CT molecular complexity index is 2180. The number of carbonyl (C=O) groups excluding carboxylic acids is 1. The van der Waals surface area contributed by atoms with Gasteiger partial charge in [0.1, 0.15) is 6.04 Å². The van der Waals surface area contributed by atoms with Crippen LogP contribution in [0.5, 0.6) is 5.88 Å². The van der Waals surface area contributed by atoms with Gasteiger partial charge in [0.25, 0.3) is 0 Å². The van der Waals surface area contributed by atoms with Crippen LogP contribution in [0.1, 0.15) is 44.9 Å². The lowest BCUT2D eigenvalue weighted by Crippen LogP contribution is -2.53. The molecule has 276 valence electrons. The first-order chi connectivity index (χ1) is 24.7. The van der Waals surface area contributed by atoms with Crippen LogP contribution in [0.4, 0.5) is 5.69 Å². The minimum Gasteiger partial charge on any atom is -0.493 e. The van der Waals surface area contributed by atoms with Crippen LogP contribution in [0.15, 0.2) is 107 Å². The molecule has 0 aliphatic rings. The van der Waals surface area contributed by atoms with Gasteiger partial charge >= 0.3 is 5.69 Å². The number of rotatable bonds is 15. The number of halogens is 1. The minimum atomic E-state index is -4.14. The number of amides is 1. The quantitative estimate of drug-likeness (QED) is 0.104. The molecule has 1 heterocycles. The normalized spacial score (nSPS) is 13.9. The van der Waals surface area contributed by atoms with Gasteiger partial charge in [0.15, 0.2) is 0 Å². The molecule has 5 rings (SSSR count). The number of aromatic nitrogens is 2. The molecule has 1 amide bonds. The minimum absolute atomic E-state index is 0.0713. The highest BCUT2D eigenvalue weighted by atomic mass is 35.5. The number of nitrogens with zero attached hydrogens (tertiary/aromatic N) is 3. The summed E-state index contributed by atoms with van der Waals surface area (Å²) in [6, 6.07) is 24.7. The third kappa shape index (κ3) is 8.70. The molecule has 5 aromatic rings. The summed E-state index contributed by atoms with van der Waals surface area (Å²) in [5, 5.41) is 27.9. The number of fused-ring (bicyclic) bond motifs is 1. The van der Waals surface area contributed by atoms with Gasteiger partial charge in [0.05, 0.1) is 40.5 Å². The van der Waals surface area contributed by atoms with Gasteiger partial charge in [0, 0.05) is 13.1 Å². The number of benzene rings is 4. The maximum absolute atomic E-state index is 14.2. The number of nitrogen functional groups attached to an aromatic ring is 1. The Kier molecular flexibility index (Phi) is 12.2. The fourth-order valence-electron chi connectivity index (χ4n) is 6.45. The fraction of sp³-hybridized carbons (Fsp3) is 0.333. The van der Waals surface area contributed by atoms with Crippen molar-refractivity contribution in [1.82, 2.24) is 18.8 Å². The second-order valence-corrected chi connectivity index (χ2v) is 16.2. The van der Waals surface area contributed by atoms with E-state index in [1.165, 1.54) is 37.8 Å². The van der Waals surface area contributed by atoms with Gasteiger partial charge < -0.3 is 21.3 Å². The molecular formula is C39H46ClN5O6S. The summed E-state index contributed by atoms with van der Waals surface area (Å²) in [5.74, 6) is -1.37. The van der Waals surface area contributed by atoms with Crippen molar-refractivity contribution >= 4 is 44.0 Å². The number of sulfonamides is 1. The number of aliphatic hydroxyl groups is 1. The number of hydrogen-bond donors (Lipinski definition) is 4. The van der Waals surface area contributed by atoms with Gasteiger partial charge in [0.2, 0.25) is 21.8 Å². The average Bonchev–Trinajstić information content (AvgIpc) is 3.36. The predicted molar refractivity (Wildman–Crippen MR) is 205 cm³/mol. The van der Waals surface area contributed by atoms with Gasteiger partial charge in [-0.2, -0.15) is 4.31 Å². The third-order valence-corrected chi connectivity index (χ3v) is 11.2. The van der Waals surface area contributed by atoms with Crippen LogP contribution in [-0.2, 0) is 27.8 Å². The van der Waals surface area contributed by atoms with E-state index in [2.05, 4.69) is 5.32 Å². The maximum Gasteiger partial charge on any atom is 0.332 e. The monoisotopic (exact) mass is 747 g/mol. The maximum atomic E-state index is 14.2. The predicted octanol–water partition coefficient (Wildman–Crippen LogP) is 5.42. The van der Waals surface area contributed by atoms with Gasteiger partial charge in [-0.1, -0.05) is 112 Å². The van der Waals surface area contributed by atoms with Crippen molar-refractivity contribution in [2.24, 2.45) is 11.8 Å². The highest BCUT2D eigenvalue weighted by Crippen LogP contribution is 2.27. The second kappa shape index (κ2) is 16.4. The zero-order chi connectivity index (χ0) is 37.7. The summed E-state index contributed by atoms with van der Waals surface area (Å²) in [4.78, 5) is 28.0. The highest BCUT2D eigenvalue weighted by Gasteiger charge is 2.34. The number of imidazole rings is 1. The van der Waals surface area contributed by atoms with Crippen molar-refractivity contribution in [1.29, 1.82) is 0 Å². The van der Waals surface area contributed by atoms with E-state index in [0.717, 1.165) is 21.9 Å². The molecule has 0 aliphatic heterocycles. The Hall–Kier alpha value is -4.62. The first kappa shape index (κ1) is 38.6. The summed E-state index contributed by atoms with van der Waals surface area (Å²) in [6.45, 7) is 7.12. The second-order valence-electron chi connectivity index (χ2n) is 13.9. The van der Waals surface area contributed by atoms with E-state index in [-0.39, 0.29) is 53.5 Å². The smallest absolute Gasteiger partial charge is 0.332 e. The first-order valence-corrected chi connectivity index (χ1v) is 19.0. The lowest BCUT2D eigenvalue weighted by atomic mass is 9.98. The summed E-state index contributed by atoms with van der Waals surface area (Å²) >= 11 is 6.06. The van der Waals surface area contributed by atoms with E-state index in [1.807, 2.05) is 86.6 Å². The van der Waals surface area contributed by atoms with Crippen molar-refractivity contribution in [3.05, 3.63) is 124 Å². The molecule has 0 saturated carbocycles. The number of nitrogens with one attached hydrogen (secondary N) is 1. The molecule has 52 heavy (non-hydrogen) atoms. The number of anilines is 1. The van der Waals surface area contributed by atoms with Crippen LogP contribution >= 0.6 is 11.6 Å². The standard InChI is InChI=1S/C39H46ClN5O6S/c1-25(2)21-43(52(50,51)30-17-18-32(40)33(41)20-30)23-35(46)34(19-27-11-6-5-7-12-27)42-38(48)37(26(3)4)45-24-36(47)44(39(45)49)22-29-15-10-14-28-13-8-9-16-31(28)29/h5-18,20,24-26,34-35,37,46-47H,19,21-23,41H2,1-4H3,(H,42,48)/t34-,35+,37-/m0/s1. The van der Waals surface area contributed by atoms with Crippen molar-refractivity contribution in [2.75, 3.05) is 18.8 Å². The summed E-state index contributed by atoms with van der Waals surface area (Å²) in [6.07, 6.45) is 0.0653. The summed E-state index contributed by atoms with van der Waals surface area (Å²) in [5.41, 5.74) is 7.10. The number of carbonyl (C=O) groups is 1. The number of nitrogens with two attached hydrogens (primary N) is 1. The zero-order valence-electron chi connectivity index (χ0n) is 29.7. The molecule has 0 radical (unpaired) electrons. The molecule has 0 spiro atoms. The molecule has 13 heteroatoms. The number of hydrogen-bond acceptors (Lipinski definition) is 7. The van der Waals surface area contributed by atoms with Crippen LogP contribution < -0.4 is 16.7 Å². The molecule has 0 saturated heterocycles. The van der Waals surface area contributed by atoms with Crippen molar-refractivity contribution < 1.29 is 23.4 Å². The average molecular weight is 748 g/mol. The zero-order valence-corrected chi connectivity index (χ0v) is 31.3. The Labute approximate surface area is 309 Å². The van der Waals surface area contributed by atoms with Crippen LogP contribution in [0.2, 0.25) is 5.02 Å². The Morgan fingerprint density at radius 2 is 1.62 bits per heavy atom. The fourth-order valence-corrected chi connectivity index (χ4v) is 8.23. The lowest BCUT2D eigenvalue weighted by molar-refractivity contribution is -0.127. The molecule has 4 aromatic carbocycles. The molecule has 0 fully saturated rings. The van der Waals surface area contributed by atoms with E-state index in [1.54, 1.807) is 13.8 Å². The van der Waals surface area contributed by atoms with E-state index in [4.69, 9.17) is 17.3 Å². The van der Waals surface area contributed by atoms with Crippen LogP contribution in [0, 0.1) is 11.8 Å². The topological polar surface area (TPSA) is 160 Å². The van der Waals surface area contributed by atoms with Crippen molar-refractivity contribution in [3.8, 4) is 5.88 Å². The Morgan fingerprint density at radius 1 is 0.942 bits per heavy atom. The molecule has 1 aromatic heterocycles. The van der Waals surface area contributed by atoms with Gasteiger partial charge in [-0.25, -0.2) is 13.2 Å². The third-order valence-electron chi connectivity index (χ3n) is 9.05. The SMILES string of the molecule is CC(C)CN(C[C@@H](O)[C@H](Cc1ccccc1)NC(=O)[C@H](C(C)C)n1cc(O)n(Cc2cccc3ccccc23)c1=O)S(=O)(=O)c1ccc(Cl)c(N)c1. The van der Waals surface area contributed by atoms with Crippen molar-refractivity contribution in [2.45, 2.75) is 63.7 Å². The molecule has 3 atom stereocenters. The summed E-state index contributed by atoms with van der Waals surface area (Å²) in [7, 11) is -4.14. The van der Waals surface area contributed by atoms with Crippen LogP contribution in [0.25, 0.3) is 10.8 Å². The van der Waals surface area contributed by atoms with Crippen LogP contribution in [0.3, 0.4) is 0 Å².